The maximum absolute atomic E-state index is 13.3. The van der Waals surface area contributed by atoms with Crippen LogP contribution in [0.25, 0.3) is 10.9 Å². The number of ether oxygens (including phenoxy) is 2. The molecular weight excluding hydrogens is 476 g/mol. The van der Waals surface area contributed by atoms with Crippen LogP contribution in [0.1, 0.15) is 61.9 Å². The monoisotopic (exact) mass is 510 g/mol. The van der Waals surface area contributed by atoms with E-state index in [-0.39, 0.29) is 23.8 Å². The Balaban J connectivity index is 1.27. The average molecular weight is 511 g/mol. The maximum atomic E-state index is 13.3. The normalized spacial score (nSPS) is 21.6. The minimum atomic E-state index is -0.975. The smallest absolute Gasteiger partial charge is 0.328 e. The number of aromatic amines is 1. The number of benzene rings is 1. The number of aromatic nitrogens is 1. The Hall–Kier alpha value is -3.56. The molecule has 1 spiro atoms. The number of amides is 3. The van der Waals surface area contributed by atoms with E-state index >= 15 is 0 Å². The molecule has 2 aliphatic carbocycles. The standard InChI is InChI=1S/C27H34N4O6/c1-36-22-5-3-4-18-17(22)14-20(28-18)25(34)29-19(12-15-6-7-15)24(33)30-21(26(35)37-2)13-16-8-9-27(10-11-27)31-23(16)32/h3-5,14-16,19,21,28H,6-13H2,1-2H3,(H,29,34)(H,30,33)(H,31,32)/t16?,19-,21-/m0/s1. The highest BCUT2D eigenvalue weighted by atomic mass is 16.5. The van der Waals surface area contributed by atoms with Crippen LogP contribution in [0.15, 0.2) is 24.3 Å². The van der Waals surface area contributed by atoms with Crippen molar-refractivity contribution in [3.63, 3.8) is 0 Å². The summed E-state index contributed by atoms with van der Waals surface area (Å²) in [6.07, 6.45) is 6.15. The zero-order valence-electron chi connectivity index (χ0n) is 21.2. The van der Waals surface area contributed by atoms with Crippen LogP contribution in [-0.4, -0.2) is 60.5 Å². The van der Waals surface area contributed by atoms with Gasteiger partial charge in [-0.25, -0.2) is 4.79 Å². The van der Waals surface area contributed by atoms with E-state index in [0.29, 0.717) is 30.2 Å². The lowest BCUT2D eigenvalue weighted by atomic mass is 9.87. The summed E-state index contributed by atoms with van der Waals surface area (Å²) in [7, 11) is 2.82. The molecule has 3 atom stereocenters. The van der Waals surface area contributed by atoms with Gasteiger partial charge in [0.05, 0.1) is 14.2 Å². The van der Waals surface area contributed by atoms with Crippen LogP contribution in [0, 0.1) is 11.8 Å². The van der Waals surface area contributed by atoms with Crippen LogP contribution in [-0.2, 0) is 19.1 Å². The van der Waals surface area contributed by atoms with Crippen molar-refractivity contribution in [1.29, 1.82) is 0 Å². The Bertz CT molecular complexity index is 1210. The molecule has 0 radical (unpaired) electrons. The first-order valence-electron chi connectivity index (χ1n) is 13.0. The molecule has 5 rings (SSSR count). The largest absolute Gasteiger partial charge is 0.496 e. The van der Waals surface area contributed by atoms with Crippen LogP contribution in [0.5, 0.6) is 5.75 Å². The molecular formula is C27H34N4O6. The molecule has 1 aliphatic heterocycles. The Kier molecular flexibility index (Phi) is 6.83. The topological polar surface area (TPSA) is 139 Å². The van der Waals surface area contributed by atoms with Gasteiger partial charge in [0.1, 0.15) is 23.5 Å². The van der Waals surface area contributed by atoms with Gasteiger partial charge in [-0.2, -0.15) is 0 Å². The molecule has 3 amide bonds. The van der Waals surface area contributed by atoms with Gasteiger partial charge in [-0.1, -0.05) is 18.9 Å². The molecule has 0 bridgehead atoms. The Morgan fingerprint density at radius 1 is 1.05 bits per heavy atom. The number of carbonyl (C=O) groups is 4. The van der Waals surface area contributed by atoms with Crippen molar-refractivity contribution >= 4 is 34.6 Å². The van der Waals surface area contributed by atoms with Crippen LogP contribution in [0.3, 0.4) is 0 Å². The van der Waals surface area contributed by atoms with E-state index in [1.807, 2.05) is 18.2 Å². The average Bonchev–Trinajstić information content (AvgIpc) is 3.81. The van der Waals surface area contributed by atoms with E-state index in [0.717, 1.165) is 43.0 Å². The number of methoxy groups -OCH3 is 2. The van der Waals surface area contributed by atoms with Gasteiger partial charge in [0.25, 0.3) is 5.91 Å². The van der Waals surface area contributed by atoms with Crippen molar-refractivity contribution in [3.8, 4) is 5.75 Å². The molecule has 198 valence electrons. The summed E-state index contributed by atoms with van der Waals surface area (Å²) in [5.41, 5.74) is 1.01. The van der Waals surface area contributed by atoms with Gasteiger partial charge in [-0.3, -0.25) is 14.4 Å². The highest BCUT2D eigenvalue weighted by molar-refractivity contribution is 6.01. The molecule has 3 fully saturated rings. The SMILES string of the molecule is COC(=O)[C@H](CC1CCC2(CC2)NC1=O)NC(=O)[C@H](CC1CC1)NC(=O)c1cc2c(OC)cccc2[nH]1. The Labute approximate surface area is 215 Å². The predicted molar refractivity (Wildman–Crippen MR) is 135 cm³/mol. The number of piperidine rings is 1. The molecule has 1 unspecified atom stereocenters. The highest BCUT2D eigenvalue weighted by Gasteiger charge is 2.48. The van der Waals surface area contributed by atoms with E-state index in [4.69, 9.17) is 9.47 Å². The minimum absolute atomic E-state index is 0.0517. The summed E-state index contributed by atoms with van der Waals surface area (Å²) in [6, 6.07) is 5.38. The molecule has 10 nitrogen and oxygen atoms in total. The second-order valence-electron chi connectivity index (χ2n) is 10.6. The summed E-state index contributed by atoms with van der Waals surface area (Å²) >= 11 is 0. The lowest BCUT2D eigenvalue weighted by Crippen LogP contribution is -2.54. The summed E-state index contributed by atoms with van der Waals surface area (Å²) in [6.45, 7) is 0. The number of hydrogen-bond acceptors (Lipinski definition) is 6. The van der Waals surface area contributed by atoms with Crippen LogP contribution < -0.4 is 20.7 Å². The fraction of sp³-hybridized carbons (Fsp3) is 0.556. The molecule has 2 saturated carbocycles. The van der Waals surface area contributed by atoms with Crippen molar-refractivity contribution in [2.24, 2.45) is 11.8 Å². The van der Waals surface area contributed by atoms with Crippen LogP contribution in [0.2, 0.25) is 0 Å². The Morgan fingerprint density at radius 2 is 1.84 bits per heavy atom. The lowest BCUT2D eigenvalue weighted by Gasteiger charge is -2.31. The molecule has 10 heteroatoms. The van der Waals surface area contributed by atoms with Crippen molar-refractivity contribution in [3.05, 3.63) is 30.0 Å². The predicted octanol–water partition coefficient (Wildman–Crippen LogP) is 2.18. The summed E-state index contributed by atoms with van der Waals surface area (Å²) < 4.78 is 10.3. The number of nitrogens with one attached hydrogen (secondary N) is 4. The van der Waals surface area contributed by atoms with Crippen LogP contribution in [0.4, 0.5) is 0 Å². The van der Waals surface area contributed by atoms with Gasteiger partial charge in [-0.05, 0) is 62.6 Å². The van der Waals surface area contributed by atoms with E-state index in [1.54, 1.807) is 13.2 Å². The number of rotatable bonds is 10. The van der Waals surface area contributed by atoms with Crippen LogP contribution >= 0.6 is 0 Å². The van der Waals surface area contributed by atoms with Crippen molar-refractivity contribution in [2.75, 3.05) is 14.2 Å². The van der Waals surface area contributed by atoms with Gasteiger partial charge < -0.3 is 30.4 Å². The fourth-order valence-electron chi connectivity index (χ4n) is 5.25. The quantitative estimate of drug-likeness (QED) is 0.362. The number of H-pyrrole nitrogens is 1. The molecule has 2 heterocycles. The summed E-state index contributed by atoms with van der Waals surface area (Å²) in [5, 5.41) is 9.46. The fourth-order valence-corrected chi connectivity index (χ4v) is 5.25. The first kappa shape index (κ1) is 25.1. The van der Waals surface area contributed by atoms with E-state index in [9.17, 15) is 19.2 Å². The molecule has 1 aromatic heterocycles. The van der Waals surface area contributed by atoms with Gasteiger partial charge >= 0.3 is 5.97 Å². The van der Waals surface area contributed by atoms with E-state index in [2.05, 4.69) is 20.9 Å². The molecule has 37 heavy (non-hydrogen) atoms. The zero-order valence-corrected chi connectivity index (χ0v) is 21.2. The van der Waals surface area contributed by atoms with Crippen molar-refractivity contribution in [2.45, 2.75) is 69.0 Å². The van der Waals surface area contributed by atoms with Gasteiger partial charge in [0.2, 0.25) is 11.8 Å². The second-order valence-corrected chi connectivity index (χ2v) is 10.6. The summed E-state index contributed by atoms with van der Waals surface area (Å²) in [5.74, 6) is -0.964. The molecule has 3 aliphatic rings. The number of carbonyl (C=O) groups excluding carboxylic acids is 4. The maximum Gasteiger partial charge on any atom is 0.328 e. The second kappa shape index (κ2) is 10.1. The molecule has 1 aromatic carbocycles. The summed E-state index contributed by atoms with van der Waals surface area (Å²) in [4.78, 5) is 54.8. The third-order valence-electron chi connectivity index (χ3n) is 7.88. The third-order valence-corrected chi connectivity index (χ3v) is 7.88. The van der Waals surface area contributed by atoms with E-state index in [1.165, 1.54) is 7.11 Å². The Morgan fingerprint density at radius 3 is 2.49 bits per heavy atom. The molecule has 1 saturated heterocycles. The van der Waals surface area contributed by atoms with Gasteiger partial charge in [-0.15, -0.1) is 0 Å². The first-order chi connectivity index (χ1) is 17.8. The first-order valence-corrected chi connectivity index (χ1v) is 13.0. The zero-order chi connectivity index (χ0) is 26.2. The molecule has 4 N–H and O–H groups in total. The van der Waals surface area contributed by atoms with Crippen molar-refractivity contribution in [1.82, 2.24) is 20.9 Å². The third kappa shape index (κ3) is 5.57. The van der Waals surface area contributed by atoms with E-state index < -0.39 is 29.9 Å². The lowest BCUT2D eigenvalue weighted by molar-refractivity contribution is -0.146. The van der Waals surface area contributed by atoms with Gasteiger partial charge in [0.15, 0.2) is 0 Å². The van der Waals surface area contributed by atoms with Gasteiger partial charge in [0, 0.05) is 22.4 Å². The number of esters is 1. The number of fused-ring (bicyclic) bond motifs is 1. The minimum Gasteiger partial charge on any atom is -0.496 e. The molecule has 2 aromatic rings. The number of hydrogen-bond donors (Lipinski definition) is 4. The van der Waals surface area contributed by atoms with Crippen molar-refractivity contribution < 1.29 is 28.7 Å². The highest BCUT2D eigenvalue weighted by Crippen LogP contribution is 2.44.